The van der Waals surface area contributed by atoms with E-state index in [1.165, 1.54) is 29.2 Å². The number of anilines is 1. The SMILES string of the molecule is CCCN(C(=O)c1ccc(F)cc1)[C@H](C)C(=O)Nc1cccc(Cl)c1. The van der Waals surface area contributed by atoms with Crippen LogP contribution >= 0.6 is 11.6 Å². The summed E-state index contributed by atoms with van der Waals surface area (Å²) in [6.07, 6.45) is 0.696. The van der Waals surface area contributed by atoms with Crippen LogP contribution in [0.1, 0.15) is 30.6 Å². The van der Waals surface area contributed by atoms with Gasteiger partial charge in [0.25, 0.3) is 5.91 Å². The number of amides is 2. The summed E-state index contributed by atoms with van der Waals surface area (Å²) in [5.41, 5.74) is 0.910. The van der Waals surface area contributed by atoms with Gasteiger partial charge in [0.05, 0.1) is 0 Å². The van der Waals surface area contributed by atoms with Crippen LogP contribution in [0.25, 0.3) is 0 Å². The van der Waals surface area contributed by atoms with Crippen LogP contribution in [0.2, 0.25) is 5.02 Å². The van der Waals surface area contributed by atoms with Crippen molar-refractivity contribution in [3.63, 3.8) is 0 Å². The van der Waals surface area contributed by atoms with Crippen molar-refractivity contribution in [2.45, 2.75) is 26.3 Å². The van der Waals surface area contributed by atoms with Gasteiger partial charge in [-0.05, 0) is 55.8 Å². The summed E-state index contributed by atoms with van der Waals surface area (Å²) in [6, 6.07) is 11.4. The van der Waals surface area contributed by atoms with Gasteiger partial charge in [-0.1, -0.05) is 24.6 Å². The lowest BCUT2D eigenvalue weighted by molar-refractivity contribution is -0.120. The smallest absolute Gasteiger partial charge is 0.254 e. The van der Waals surface area contributed by atoms with Gasteiger partial charge >= 0.3 is 0 Å². The summed E-state index contributed by atoms with van der Waals surface area (Å²) in [6.45, 7) is 4.00. The van der Waals surface area contributed by atoms with Crippen molar-refractivity contribution in [3.05, 3.63) is 64.9 Å². The molecule has 0 spiro atoms. The monoisotopic (exact) mass is 362 g/mol. The van der Waals surface area contributed by atoms with Crippen LogP contribution < -0.4 is 5.32 Å². The van der Waals surface area contributed by atoms with Crippen molar-refractivity contribution in [1.82, 2.24) is 4.90 Å². The number of hydrogen-bond donors (Lipinski definition) is 1. The number of carbonyl (C=O) groups excluding carboxylic acids is 2. The highest BCUT2D eigenvalue weighted by molar-refractivity contribution is 6.30. The summed E-state index contributed by atoms with van der Waals surface area (Å²) < 4.78 is 13.1. The van der Waals surface area contributed by atoms with Crippen LogP contribution in [-0.4, -0.2) is 29.3 Å². The van der Waals surface area contributed by atoms with Crippen LogP contribution in [0.3, 0.4) is 0 Å². The molecule has 0 aromatic heterocycles. The van der Waals surface area contributed by atoms with Crippen molar-refractivity contribution in [2.75, 3.05) is 11.9 Å². The van der Waals surface area contributed by atoms with E-state index in [0.29, 0.717) is 29.2 Å². The number of hydrogen-bond acceptors (Lipinski definition) is 2. The molecule has 4 nitrogen and oxygen atoms in total. The zero-order chi connectivity index (χ0) is 18.4. The van der Waals surface area contributed by atoms with E-state index < -0.39 is 11.9 Å². The number of halogens is 2. The maximum atomic E-state index is 13.1. The summed E-state index contributed by atoms with van der Waals surface area (Å²) in [5.74, 6) is -1.04. The zero-order valence-corrected chi connectivity index (χ0v) is 14.9. The molecular weight excluding hydrogens is 343 g/mol. The molecule has 0 aliphatic heterocycles. The lowest BCUT2D eigenvalue weighted by atomic mass is 10.1. The average Bonchev–Trinajstić information content (AvgIpc) is 2.59. The molecule has 2 amide bonds. The molecule has 0 saturated heterocycles. The van der Waals surface area contributed by atoms with Crippen LogP contribution in [0.5, 0.6) is 0 Å². The molecule has 6 heteroatoms. The first-order valence-electron chi connectivity index (χ1n) is 8.05. The predicted molar refractivity (Wildman–Crippen MR) is 97.3 cm³/mol. The van der Waals surface area contributed by atoms with Gasteiger partial charge in [-0.3, -0.25) is 9.59 Å². The van der Waals surface area contributed by atoms with Crippen molar-refractivity contribution >= 4 is 29.1 Å². The van der Waals surface area contributed by atoms with E-state index in [1.807, 2.05) is 6.92 Å². The summed E-state index contributed by atoms with van der Waals surface area (Å²) >= 11 is 5.92. The molecular formula is C19H20ClFN2O2. The van der Waals surface area contributed by atoms with E-state index in [2.05, 4.69) is 5.32 Å². The van der Waals surface area contributed by atoms with Gasteiger partial charge in [-0.2, -0.15) is 0 Å². The molecule has 0 aliphatic rings. The second-order valence-corrected chi connectivity index (χ2v) is 6.12. The average molecular weight is 363 g/mol. The summed E-state index contributed by atoms with van der Waals surface area (Å²) in [7, 11) is 0. The van der Waals surface area contributed by atoms with Crippen molar-refractivity contribution < 1.29 is 14.0 Å². The molecule has 2 aromatic carbocycles. The Morgan fingerprint density at radius 1 is 1.20 bits per heavy atom. The molecule has 1 N–H and O–H groups in total. The summed E-state index contributed by atoms with van der Waals surface area (Å²) in [5, 5.41) is 3.27. The van der Waals surface area contributed by atoms with Crippen LogP contribution in [-0.2, 0) is 4.79 Å². The molecule has 1 atom stereocenters. The predicted octanol–water partition coefficient (Wildman–Crippen LogP) is 4.36. The molecule has 0 bridgehead atoms. The Morgan fingerprint density at radius 2 is 1.88 bits per heavy atom. The number of carbonyl (C=O) groups is 2. The Kier molecular flexibility index (Phi) is 6.53. The topological polar surface area (TPSA) is 49.4 Å². The zero-order valence-electron chi connectivity index (χ0n) is 14.1. The second kappa shape index (κ2) is 8.62. The quantitative estimate of drug-likeness (QED) is 0.830. The van der Waals surface area contributed by atoms with Gasteiger partial charge in [0, 0.05) is 22.8 Å². The van der Waals surface area contributed by atoms with Crippen molar-refractivity contribution in [3.8, 4) is 0 Å². The molecule has 25 heavy (non-hydrogen) atoms. The highest BCUT2D eigenvalue weighted by Crippen LogP contribution is 2.17. The molecule has 2 rings (SSSR count). The minimum atomic E-state index is -0.684. The Morgan fingerprint density at radius 3 is 2.48 bits per heavy atom. The van der Waals surface area contributed by atoms with Crippen LogP contribution in [0, 0.1) is 5.82 Å². The van der Waals surface area contributed by atoms with Gasteiger partial charge in [0.2, 0.25) is 5.91 Å². The third kappa shape index (κ3) is 5.03. The number of nitrogens with zero attached hydrogens (tertiary/aromatic N) is 1. The third-order valence-corrected chi connectivity index (χ3v) is 3.99. The Hall–Kier alpha value is -2.40. The molecule has 0 fully saturated rings. The molecule has 0 radical (unpaired) electrons. The number of rotatable bonds is 6. The third-order valence-electron chi connectivity index (χ3n) is 3.76. The molecule has 0 unspecified atom stereocenters. The Bertz CT molecular complexity index is 749. The number of nitrogens with one attached hydrogen (secondary N) is 1. The second-order valence-electron chi connectivity index (χ2n) is 5.68. The van der Waals surface area contributed by atoms with Crippen molar-refractivity contribution in [1.29, 1.82) is 0 Å². The van der Waals surface area contributed by atoms with Gasteiger partial charge in [0.1, 0.15) is 11.9 Å². The minimum absolute atomic E-state index is 0.310. The Balaban J connectivity index is 2.15. The van der Waals surface area contributed by atoms with E-state index in [4.69, 9.17) is 11.6 Å². The van der Waals surface area contributed by atoms with E-state index in [-0.39, 0.29) is 11.8 Å². The van der Waals surface area contributed by atoms with Crippen LogP contribution in [0.4, 0.5) is 10.1 Å². The molecule has 2 aromatic rings. The summed E-state index contributed by atoms with van der Waals surface area (Å²) in [4.78, 5) is 26.7. The molecule has 0 heterocycles. The first kappa shape index (κ1) is 18.9. The fraction of sp³-hybridized carbons (Fsp3) is 0.263. The van der Waals surface area contributed by atoms with Gasteiger partial charge in [-0.25, -0.2) is 4.39 Å². The maximum absolute atomic E-state index is 13.1. The first-order chi connectivity index (χ1) is 11.9. The van der Waals surface area contributed by atoms with Gasteiger partial charge in [-0.15, -0.1) is 0 Å². The van der Waals surface area contributed by atoms with E-state index >= 15 is 0 Å². The van der Waals surface area contributed by atoms with Gasteiger partial charge in [0.15, 0.2) is 0 Å². The number of benzene rings is 2. The highest BCUT2D eigenvalue weighted by Gasteiger charge is 2.26. The van der Waals surface area contributed by atoms with Crippen LogP contribution in [0.15, 0.2) is 48.5 Å². The maximum Gasteiger partial charge on any atom is 0.254 e. The van der Waals surface area contributed by atoms with E-state index in [9.17, 15) is 14.0 Å². The largest absolute Gasteiger partial charge is 0.327 e. The fourth-order valence-electron chi connectivity index (χ4n) is 2.42. The molecule has 0 saturated carbocycles. The molecule has 0 aliphatic carbocycles. The lowest BCUT2D eigenvalue weighted by Crippen LogP contribution is -2.46. The Labute approximate surface area is 151 Å². The van der Waals surface area contributed by atoms with E-state index in [1.54, 1.807) is 31.2 Å². The standard InChI is InChI=1S/C19H20ClFN2O2/c1-3-11-23(19(25)14-7-9-16(21)10-8-14)13(2)18(24)22-17-6-4-5-15(20)12-17/h4-10,12-13H,3,11H2,1-2H3,(H,22,24)/t13-/m1/s1. The highest BCUT2D eigenvalue weighted by atomic mass is 35.5. The fourth-order valence-corrected chi connectivity index (χ4v) is 2.62. The normalized spacial score (nSPS) is 11.7. The lowest BCUT2D eigenvalue weighted by Gasteiger charge is -2.28. The van der Waals surface area contributed by atoms with Crippen molar-refractivity contribution in [2.24, 2.45) is 0 Å². The minimum Gasteiger partial charge on any atom is -0.327 e. The van der Waals surface area contributed by atoms with E-state index in [0.717, 1.165) is 0 Å². The molecule has 132 valence electrons. The van der Waals surface area contributed by atoms with Gasteiger partial charge < -0.3 is 10.2 Å². The first-order valence-corrected chi connectivity index (χ1v) is 8.43.